The minimum Gasteiger partial charge on any atom is -0.481 e. The summed E-state index contributed by atoms with van der Waals surface area (Å²) in [4.78, 5) is 12.6. The van der Waals surface area contributed by atoms with Crippen LogP contribution in [0.4, 0.5) is 0 Å². The number of nitrogens with zero attached hydrogens (tertiary/aromatic N) is 1. The Morgan fingerprint density at radius 1 is 1.71 bits per heavy atom. The van der Waals surface area contributed by atoms with E-state index in [0.29, 0.717) is 13.0 Å². The second-order valence-corrected chi connectivity index (χ2v) is 3.47. The normalized spacial score (nSPS) is 23.3. The number of morpholine rings is 1. The summed E-state index contributed by atoms with van der Waals surface area (Å²) in [5.74, 6) is -0.755. The van der Waals surface area contributed by atoms with Crippen LogP contribution in [0.3, 0.4) is 0 Å². The average molecular weight is 199 g/mol. The summed E-state index contributed by atoms with van der Waals surface area (Å²) in [7, 11) is 0. The van der Waals surface area contributed by atoms with Crippen molar-refractivity contribution in [2.24, 2.45) is 0 Å². The zero-order chi connectivity index (χ0) is 10.4. The molecule has 0 aromatic rings. The Hall–Kier alpha value is -0.870. The zero-order valence-electron chi connectivity index (χ0n) is 8.32. The molecule has 1 saturated heterocycles. The van der Waals surface area contributed by atoms with Crippen LogP contribution in [0.5, 0.6) is 0 Å². The van der Waals surface area contributed by atoms with Gasteiger partial charge in [0.2, 0.25) is 0 Å². The van der Waals surface area contributed by atoms with Crippen molar-refractivity contribution in [3.05, 3.63) is 12.7 Å². The largest absolute Gasteiger partial charge is 0.481 e. The predicted octanol–water partition coefficient (Wildman–Crippen LogP) is 0.738. The average Bonchev–Trinajstić information content (AvgIpc) is 2.16. The standard InChI is InChI=1S/C10H17NO3/c1-2-5-11-6-7-14-9(8-11)3-4-10(12)13/h2,9H,1,3-8H2,(H,12,13). The van der Waals surface area contributed by atoms with Crippen molar-refractivity contribution in [1.29, 1.82) is 0 Å². The first-order chi connectivity index (χ1) is 6.72. The molecule has 0 spiro atoms. The quantitative estimate of drug-likeness (QED) is 0.663. The number of aliphatic carboxylic acids is 1. The van der Waals surface area contributed by atoms with Crippen LogP contribution in [0, 0.1) is 0 Å². The van der Waals surface area contributed by atoms with E-state index in [-0.39, 0.29) is 12.5 Å². The molecule has 0 aromatic heterocycles. The molecule has 0 aromatic carbocycles. The van der Waals surface area contributed by atoms with Crippen LogP contribution in [0.2, 0.25) is 0 Å². The van der Waals surface area contributed by atoms with E-state index in [1.54, 1.807) is 0 Å². The fourth-order valence-electron chi connectivity index (χ4n) is 1.59. The topological polar surface area (TPSA) is 49.8 Å². The molecule has 0 radical (unpaired) electrons. The third kappa shape index (κ3) is 3.89. The van der Waals surface area contributed by atoms with Gasteiger partial charge in [-0.25, -0.2) is 0 Å². The van der Waals surface area contributed by atoms with Gasteiger partial charge in [-0.15, -0.1) is 6.58 Å². The summed E-state index contributed by atoms with van der Waals surface area (Å²) < 4.78 is 5.47. The van der Waals surface area contributed by atoms with Crippen molar-refractivity contribution in [2.45, 2.75) is 18.9 Å². The van der Waals surface area contributed by atoms with Crippen LogP contribution < -0.4 is 0 Å². The maximum atomic E-state index is 10.4. The van der Waals surface area contributed by atoms with E-state index in [9.17, 15) is 4.79 Å². The molecular weight excluding hydrogens is 182 g/mol. The van der Waals surface area contributed by atoms with Gasteiger partial charge in [-0.1, -0.05) is 6.08 Å². The van der Waals surface area contributed by atoms with Gasteiger partial charge >= 0.3 is 5.97 Å². The van der Waals surface area contributed by atoms with Gasteiger partial charge in [0.1, 0.15) is 0 Å². The van der Waals surface area contributed by atoms with Gasteiger partial charge in [-0.2, -0.15) is 0 Å². The number of carboxylic acid groups (broad SMARTS) is 1. The molecule has 0 bridgehead atoms. The van der Waals surface area contributed by atoms with Crippen LogP contribution in [0.25, 0.3) is 0 Å². The molecule has 1 rings (SSSR count). The van der Waals surface area contributed by atoms with Gasteiger partial charge in [0.25, 0.3) is 0 Å². The number of hydrogen-bond donors (Lipinski definition) is 1. The minimum atomic E-state index is -0.755. The van der Waals surface area contributed by atoms with E-state index in [1.807, 2.05) is 6.08 Å². The highest BCUT2D eigenvalue weighted by atomic mass is 16.5. The van der Waals surface area contributed by atoms with Crippen molar-refractivity contribution < 1.29 is 14.6 Å². The third-order valence-corrected chi connectivity index (χ3v) is 2.29. The maximum absolute atomic E-state index is 10.4. The maximum Gasteiger partial charge on any atom is 0.303 e. The molecule has 1 aliphatic heterocycles. The predicted molar refractivity (Wildman–Crippen MR) is 53.2 cm³/mol. The van der Waals surface area contributed by atoms with Crippen LogP contribution in [-0.4, -0.2) is 48.3 Å². The molecule has 1 N–H and O–H groups in total. The molecule has 1 heterocycles. The fourth-order valence-corrected chi connectivity index (χ4v) is 1.59. The first kappa shape index (κ1) is 11.2. The Labute approximate surface area is 84.2 Å². The summed E-state index contributed by atoms with van der Waals surface area (Å²) in [5.41, 5.74) is 0. The molecule has 80 valence electrons. The summed E-state index contributed by atoms with van der Waals surface area (Å²) in [6, 6.07) is 0. The van der Waals surface area contributed by atoms with Gasteiger partial charge in [-0.05, 0) is 6.42 Å². The van der Waals surface area contributed by atoms with E-state index in [1.165, 1.54) is 0 Å². The van der Waals surface area contributed by atoms with Crippen molar-refractivity contribution in [2.75, 3.05) is 26.2 Å². The van der Waals surface area contributed by atoms with Gasteiger partial charge in [-0.3, -0.25) is 9.69 Å². The lowest BCUT2D eigenvalue weighted by molar-refractivity contribution is -0.138. The van der Waals surface area contributed by atoms with Crippen molar-refractivity contribution >= 4 is 5.97 Å². The molecule has 1 atom stereocenters. The Kier molecular flexibility index (Phi) is 4.62. The van der Waals surface area contributed by atoms with Crippen LogP contribution >= 0.6 is 0 Å². The molecule has 0 aliphatic carbocycles. The van der Waals surface area contributed by atoms with Crippen LogP contribution in [0.1, 0.15) is 12.8 Å². The SMILES string of the molecule is C=CCN1CCOC(CCC(=O)O)C1. The van der Waals surface area contributed by atoms with Crippen molar-refractivity contribution in [3.63, 3.8) is 0 Å². The fraction of sp³-hybridized carbons (Fsp3) is 0.700. The van der Waals surface area contributed by atoms with E-state index >= 15 is 0 Å². The first-order valence-corrected chi connectivity index (χ1v) is 4.89. The highest BCUT2D eigenvalue weighted by molar-refractivity contribution is 5.66. The Bertz CT molecular complexity index is 206. The van der Waals surface area contributed by atoms with E-state index in [2.05, 4.69) is 11.5 Å². The number of rotatable bonds is 5. The highest BCUT2D eigenvalue weighted by Crippen LogP contribution is 2.10. The Morgan fingerprint density at radius 3 is 3.14 bits per heavy atom. The van der Waals surface area contributed by atoms with E-state index in [4.69, 9.17) is 9.84 Å². The van der Waals surface area contributed by atoms with Crippen molar-refractivity contribution in [1.82, 2.24) is 4.90 Å². The van der Waals surface area contributed by atoms with Crippen molar-refractivity contribution in [3.8, 4) is 0 Å². The molecular formula is C10H17NO3. The molecule has 0 amide bonds. The lowest BCUT2D eigenvalue weighted by Gasteiger charge is -2.31. The lowest BCUT2D eigenvalue weighted by atomic mass is 10.1. The molecule has 14 heavy (non-hydrogen) atoms. The number of carboxylic acids is 1. The van der Waals surface area contributed by atoms with Crippen LogP contribution in [-0.2, 0) is 9.53 Å². The Balaban J connectivity index is 2.25. The zero-order valence-corrected chi connectivity index (χ0v) is 8.32. The smallest absolute Gasteiger partial charge is 0.303 e. The summed E-state index contributed by atoms with van der Waals surface area (Å²) in [6.07, 6.45) is 2.72. The first-order valence-electron chi connectivity index (χ1n) is 4.89. The second kappa shape index (κ2) is 5.78. The monoisotopic (exact) mass is 199 g/mol. The van der Waals surface area contributed by atoms with E-state index in [0.717, 1.165) is 19.6 Å². The minimum absolute atomic E-state index is 0.0693. The van der Waals surface area contributed by atoms with Gasteiger partial charge < -0.3 is 9.84 Å². The number of hydrogen-bond acceptors (Lipinski definition) is 3. The molecule has 0 saturated carbocycles. The molecule has 4 heteroatoms. The molecule has 1 aliphatic rings. The lowest BCUT2D eigenvalue weighted by Crippen LogP contribution is -2.42. The molecule has 1 unspecified atom stereocenters. The third-order valence-electron chi connectivity index (χ3n) is 2.29. The number of carbonyl (C=O) groups is 1. The molecule has 1 fully saturated rings. The van der Waals surface area contributed by atoms with Gasteiger partial charge in [0, 0.05) is 26.1 Å². The highest BCUT2D eigenvalue weighted by Gasteiger charge is 2.19. The number of ether oxygens (including phenoxy) is 1. The van der Waals surface area contributed by atoms with Gasteiger partial charge in [0.15, 0.2) is 0 Å². The summed E-state index contributed by atoms with van der Waals surface area (Å²) >= 11 is 0. The second-order valence-electron chi connectivity index (χ2n) is 3.47. The molecule has 4 nitrogen and oxygen atoms in total. The van der Waals surface area contributed by atoms with Crippen LogP contribution in [0.15, 0.2) is 12.7 Å². The summed E-state index contributed by atoms with van der Waals surface area (Å²) in [6.45, 7) is 6.96. The van der Waals surface area contributed by atoms with E-state index < -0.39 is 5.97 Å². The van der Waals surface area contributed by atoms with Gasteiger partial charge in [0.05, 0.1) is 12.7 Å². The summed E-state index contributed by atoms with van der Waals surface area (Å²) in [5, 5.41) is 8.53. The Morgan fingerprint density at radius 2 is 2.50 bits per heavy atom.